The van der Waals surface area contributed by atoms with E-state index in [1.165, 1.54) is 0 Å². The lowest BCUT2D eigenvalue weighted by Crippen LogP contribution is -2.46. The summed E-state index contributed by atoms with van der Waals surface area (Å²) in [6, 6.07) is 10.2. The van der Waals surface area contributed by atoms with E-state index in [1.807, 2.05) is 47.8 Å². The highest BCUT2D eigenvalue weighted by Crippen LogP contribution is 2.31. The molecule has 1 fully saturated rings. The van der Waals surface area contributed by atoms with E-state index in [1.54, 1.807) is 10.7 Å². The molecule has 1 saturated heterocycles. The van der Waals surface area contributed by atoms with Crippen LogP contribution in [0.4, 0.5) is 5.82 Å². The smallest absolute Gasteiger partial charge is 0.128 e. The van der Waals surface area contributed by atoms with Crippen LogP contribution in [0.1, 0.15) is 5.69 Å². The van der Waals surface area contributed by atoms with Gasteiger partial charge in [0, 0.05) is 62.4 Å². The number of piperazine rings is 1. The van der Waals surface area contributed by atoms with Crippen LogP contribution in [0.15, 0.2) is 67.5 Å². The second kappa shape index (κ2) is 10.1. The minimum absolute atomic E-state index is 0.556. The monoisotopic (exact) mass is 611 g/mol. The van der Waals surface area contributed by atoms with E-state index >= 15 is 0 Å². The molecule has 1 aliphatic rings. The van der Waals surface area contributed by atoms with Crippen molar-refractivity contribution < 1.29 is 0 Å². The molecule has 9 nitrogen and oxygen atoms in total. The van der Waals surface area contributed by atoms with Gasteiger partial charge in [-0.1, -0.05) is 40.3 Å². The summed E-state index contributed by atoms with van der Waals surface area (Å²) in [5.41, 5.74) is 5.21. The van der Waals surface area contributed by atoms with Crippen molar-refractivity contribution in [1.29, 1.82) is 0 Å². The van der Waals surface area contributed by atoms with Gasteiger partial charge in [0.1, 0.15) is 11.3 Å². The average Bonchev–Trinajstić information content (AvgIpc) is 3.56. The van der Waals surface area contributed by atoms with Gasteiger partial charge in [0.25, 0.3) is 0 Å². The molecule has 0 aliphatic carbocycles. The first kappa shape index (κ1) is 23.3. The second-order valence-corrected chi connectivity index (χ2v) is 9.73. The molecule has 11 heteroatoms. The maximum absolute atomic E-state index is 6.50. The Labute approximate surface area is 226 Å². The highest BCUT2D eigenvalue weighted by Gasteiger charge is 2.20. The molecule has 6 rings (SSSR count). The molecule has 0 unspecified atom stereocenters. The molecule has 1 aliphatic heterocycles. The van der Waals surface area contributed by atoms with Crippen LogP contribution < -0.4 is 4.90 Å². The maximum Gasteiger partial charge on any atom is 0.128 e. The van der Waals surface area contributed by atoms with Crippen LogP contribution in [0.2, 0.25) is 5.02 Å². The van der Waals surface area contributed by atoms with Gasteiger partial charge in [-0.15, -0.1) is 0 Å². The molecule has 6 heterocycles. The summed E-state index contributed by atoms with van der Waals surface area (Å²) in [6.07, 6.45) is 11.0. The lowest BCUT2D eigenvalue weighted by Gasteiger charge is -2.35. The Bertz CT molecular complexity index is 1480. The van der Waals surface area contributed by atoms with Crippen molar-refractivity contribution in [3.63, 3.8) is 0 Å². The molecule has 0 N–H and O–H groups in total. The molecule has 5 aromatic heterocycles. The SMILES string of the molecule is Clc1cnn2cc(-c3cnn(CI)c3)nc(-c3ccc(N4CCN(Cc5ccccn5)CC4)nc3)c12. The number of anilines is 1. The highest BCUT2D eigenvalue weighted by molar-refractivity contribution is 14.1. The van der Waals surface area contributed by atoms with Crippen LogP contribution in [0.3, 0.4) is 0 Å². The fourth-order valence-electron chi connectivity index (χ4n) is 4.45. The van der Waals surface area contributed by atoms with Crippen molar-refractivity contribution in [3.05, 3.63) is 78.2 Å². The van der Waals surface area contributed by atoms with Crippen LogP contribution in [0.5, 0.6) is 0 Å². The highest BCUT2D eigenvalue weighted by atomic mass is 127. The molecule has 5 aromatic rings. The third-order valence-electron chi connectivity index (χ3n) is 6.33. The minimum atomic E-state index is 0.556. The Balaban J connectivity index is 1.23. The van der Waals surface area contributed by atoms with E-state index in [9.17, 15) is 0 Å². The molecular formula is C25H23ClIN9. The third-order valence-corrected chi connectivity index (χ3v) is 7.31. The molecule has 0 saturated carbocycles. The molecule has 0 spiro atoms. The van der Waals surface area contributed by atoms with Crippen molar-refractivity contribution >= 4 is 45.5 Å². The van der Waals surface area contributed by atoms with E-state index in [2.05, 4.69) is 65.8 Å². The summed E-state index contributed by atoms with van der Waals surface area (Å²) in [5.74, 6) is 0.964. The minimum Gasteiger partial charge on any atom is -0.354 e. The molecule has 0 atom stereocenters. The molecule has 36 heavy (non-hydrogen) atoms. The predicted molar refractivity (Wildman–Crippen MR) is 148 cm³/mol. The van der Waals surface area contributed by atoms with E-state index < -0.39 is 0 Å². The summed E-state index contributed by atoms with van der Waals surface area (Å²) in [7, 11) is 0. The Morgan fingerprint density at radius 2 is 1.78 bits per heavy atom. The van der Waals surface area contributed by atoms with Gasteiger partial charge in [-0.25, -0.2) is 14.5 Å². The Kier molecular flexibility index (Phi) is 6.55. The summed E-state index contributed by atoms with van der Waals surface area (Å²) in [5, 5.41) is 9.36. The second-order valence-electron chi connectivity index (χ2n) is 8.64. The number of hydrogen-bond acceptors (Lipinski definition) is 7. The zero-order valence-corrected chi connectivity index (χ0v) is 22.3. The predicted octanol–water partition coefficient (Wildman–Crippen LogP) is 4.42. The number of rotatable bonds is 6. The fraction of sp³-hybridized carbons (Fsp3) is 0.240. The summed E-state index contributed by atoms with van der Waals surface area (Å²) >= 11 is 8.77. The van der Waals surface area contributed by atoms with Gasteiger partial charge < -0.3 is 4.90 Å². The summed E-state index contributed by atoms with van der Waals surface area (Å²) < 4.78 is 4.41. The van der Waals surface area contributed by atoms with Gasteiger partial charge in [0.2, 0.25) is 0 Å². The molecule has 182 valence electrons. The summed E-state index contributed by atoms with van der Waals surface area (Å²) in [6.45, 7) is 4.67. The van der Waals surface area contributed by atoms with Crippen LogP contribution in [-0.4, -0.2) is 65.4 Å². The number of fused-ring (bicyclic) bond motifs is 1. The van der Waals surface area contributed by atoms with Gasteiger partial charge in [0.15, 0.2) is 0 Å². The standard InChI is InChI=1S/C25H23ClIN9/c26-21-13-31-36-16-22(19-12-30-35(14-19)17-27)32-24(25(21)36)18-4-5-23(29-11-18)34-9-7-33(8-10-34)15-20-3-1-2-6-28-20/h1-6,11-14,16H,7-10,15,17H2. The first-order valence-corrected chi connectivity index (χ1v) is 13.5. The number of aromatic nitrogens is 7. The van der Waals surface area contributed by atoms with Gasteiger partial charge >= 0.3 is 0 Å². The van der Waals surface area contributed by atoms with Crippen LogP contribution in [0.25, 0.3) is 28.0 Å². The maximum atomic E-state index is 6.50. The molecule has 0 radical (unpaired) electrons. The van der Waals surface area contributed by atoms with Crippen LogP contribution in [-0.2, 0) is 11.1 Å². The molecule has 0 bridgehead atoms. The van der Waals surface area contributed by atoms with Crippen molar-refractivity contribution in [2.24, 2.45) is 0 Å². The van der Waals surface area contributed by atoms with Gasteiger partial charge in [0.05, 0.1) is 45.2 Å². The lowest BCUT2D eigenvalue weighted by atomic mass is 10.1. The summed E-state index contributed by atoms with van der Waals surface area (Å²) in [4.78, 5) is 18.9. The average molecular weight is 612 g/mol. The number of alkyl halides is 1. The van der Waals surface area contributed by atoms with Crippen molar-refractivity contribution in [2.75, 3.05) is 31.1 Å². The zero-order valence-electron chi connectivity index (χ0n) is 19.4. The van der Waals surface area contributed by atoms with Crippen molar-refractivity contribution in [3.8, 4) is 22.5 Å². The van der Waals surface area contributed by atoms with Gasteiger partial charge in [-0.2, -0.15) is 10.2 Å². The van der Waals surface area contributed by atoms with Crippen LogP contribution >= 0.6 is 34.2 Å². The van der Waals surface area contributed by atoms with E-state index in [-0.39, 0.29) is 0 Å². The Morgan fingerprint density at radius 3 is 2.50 bits per heavy atom. The fourth-order valence-corrected chi connectivity index (χ4v) is 5.04. The lowest BCUT2D eigenvalue weighted by molar-refractivity contribution is 0.246. The van der Waals surface area contributed by atoms with Crippen molar-refractivity contribution in [2.45, 2.75) is 11.1 Å². The number of halogens is 2. The van der Waals surface area contributed by atoms with Crippen LogP contribution in [0, 0.1) is 0 Å². The largest absolute Gasteiger partial charge is 0.354 e. The van der Waals surface area contributed by atoms with Crippen molar-refractivity contribution in [1.82, 2.24) is 39.2 Å². The van der Waals surface area contributed by atoms with E-state index in [0.717, 1.165) is 76.8 Å². The van der Waals surface area contributed by atoms with E-state index in [0.29, 0.717) is 5.02 Å². The number of hydrogen-bond donors (Lipinski definition) is 0. The van der Waals surface area contributed by atoms with E-state index in [4.69, 9.17) is 21.6 Å². The quantitative estimate of drug-likeness (QED) is 0.208. The molecule has 0 amide bonds. The first-order chi connectivity index (χ1) is 17.7. The first-order valence-electron chi connectivity index (χ1n) is 11.6. The third kappa shape index (κ3) is 4.67. The number of pyridine rings is 2. The number of nitrogens with zero attached hydrogens (tertiary/aromatic N) is 9. The zero-order chi connectivity index (χ0) is 24.5. The van der Waals surface area contributed by atoms with Gasteiger partial charge in [-0.3, -0.25) is 14.6 Å². The Morgan fingerprint density at radius 1 is 0.889 bits per heavy atom. The van der Waals surface area contributed by atoms with Gasteiger partial charge in [-0.05, 0) is 24.3 Å². The molecular weight excluding hydrogens is 589 g/mol. The Hall–Kier alpha value is -3.09. The normalized spacial score (nSPS) is 14.6. The topological polar surface area (TPSA) is 80.3 Å². The molecule has 0 aromatic carbocycles.